The van der Waals surface area contributed by atoms with E-state index in [9.17, 15) is 0 Å². The number of nitrogens with one attached hydrogen (secondary N) is 2. The minimum absolute atomic E-state index is 0.597. The maximum Gasteiger partial charge on any atom is 0.225 e. The van der Waals surface area contributed by atoms with E-state index in [1.54, 1.807) is 0 Å². The fourth-order valence-corrected chi connectivity index (χ4v) is 2.16. The average Bonchev–Trinajstić information content (AvgIpc) is 2.45. The summed E-state index contributed by atoms with van der Waals surface area (Å²) in [7, 11) is 4.09. The van der Waals surface area contributed by atoms with Gasteiger partial charge in [0, 0.05) is 36.4 Å². The average molecular weight is 320 g/mol. The molecule has 0 radical (unpaired) electrons. The summed E-state index contributed by atoms with van der Waals surface area (Å²) in [6.07, 6.45) is 0. The summed E-state index contributed by atoms with van der Waals surface area (Å²) in [6.45, 7) is 4.35. The van der Waals surface area contributed by atoms with E-state index in [2.05, 4.69) is 25.5 Å². The lowest BCUT2D eigenvalue weighted by atomic mass is 10.2. The molecule has 1 aromatic heterocycles. The summed E-state index contributed by atoms with van der Waals surface area (Å²) in [5.41, 5.74) is 1.94. The topological polar surface area (TPSA) is 53.1 Å². The fourth-order valence-electron chi connectivity index (χ4n) is 1.96. The first-order valence-corrected chi connectivity index (χ1v) is 7.64. The third-order valence-corrected chi connectivity index (χ3v) is 3.48. The van der Waals surface area contributed by atoms with E-state index in [1.165, 1.54) is 0 Å². The van der Waals surface area contributed by atoms with Crippen LogP contribution in [0.1, 0.15) is 11.3 Å². The zero-order valence-electron chi connectivity index (χ0n) is 13.2. The number of anilines is 2. The molecular weight excluding hydrogens is 298 g/mol. The Hall–Kier alpha value is -1.85. The van der Waals surface area contributed by atoms with Gasteiger partial charge in [0.05, 0.1) is 0 Å². The standard InChI is InChI=1S/C16H22ClN5/c1-12-10-15(18-8-9-22(2)3)21-16(20-12)19-11-13-6-4-5-7-14(13)17/h4-7,10H,8-9,11H2,1-3H3,(H2,18,19,20,21). The Labute approximate surface area is 136 Å². The molecule has 2 aromatic rings. The van der Waals surface area contributed by atoms with Gasteiger partial charge in [0.1, 0.15) is 5.82 Å². The summed E-state index contributed by atoms with van der Waals surface area (Å²) < 4.78 is 0. The Morgan fingerprint density at radius 3 is 2.64 bits per heavy atom. The first kappa shape index (κ1) is 16.5. The minimum Gasteiger partial charge on any atom is -0.369 e. The number of likely N-dealkylation sites (N-methyl/N-ethyl adjacent to an activating group) is 1. The second-order valence-corrected chi connectivity index (χ2v) is 5.80. The first-order valence-electron chi connectivity index (χ1n) is 7.26. The van der Waals surface area contributed by atoms with Crippen LogP contribution in [-0.4, -0.2) is 42.1 Å². The van der Waals surface area contributed by atoms with Gasteiger partial charge in [-0.3, -0.25) is 0 Å². The van der Waals surface area contributed by atoms with Crippen molar-refractivity contribution in [1.29, 1.82) is 0 Å². The van der Waals surface area contributed by atoms with Crippen molar-refractivity contribution in [3.05, 3.63) is 46.6 Å². The molecule has 0 saturated carbocycles. The Morgan fingerprint density at radius 1 is 1.14 bits per heavy atom. The van der Waals surface area contributed by atoms with E-state index in [-0.39, 0.29) is 0 Å². The molecule has 0 bridgehead atoms. The Balaban J connectivity index is 1.99. The molecule has 0 aliphatic rings. The van der Waals surface area contributed by atoms with Crippen molar-refractivity contribution in [3.63, 3.8) is 0 Å². The van der Waals surface area contributed by atoms with Crippen LogP contribution in [0.4, 0.5) is 11.8 Å². The summed E-state index contributed by atoms with van der Waals surface area (Å²) in [5, 5.41) is 7.28. The smallest absolute Gasteiger partial charge is 0.225 e. The van der Waals surface area contributed by atoms with Gasteiger partial charge in [0.25, 0.3) is 0 Å². The molecule has 0 spiro atoms. The van der Waals surface area contributed by atoms with Crippen LogP contribution in [0.15, 0.2) is 30.3 Å². The van der Waals surface area contributed by atoms with Crippen molar-refractivity contribution in [2.45, 2.75) is 13.5 Å². The van der Waals surface area contributed by atoms with Gasteiger partial charge in [0.2, 0.25) is 5.95 Å². The predicted molar refractivity (Wildman–Crippen MR) is 92.6 cm³/mol. The van der Waals surface area contributed by atoms with E-state index in [0.29, 0.717) is 12.5 Å². The number of aromatic nitrogens is 2. The number of benzene rings is 1. The molecular formula is C16H22ClN5. The molecule has 118 valence electrons. The van der Waals surface area contributed by atoms with E-state index in [1.807, 2.05) is 51.4 Å². The molecule has 0 aliphatic carbocycles. The van der Waals surface area contributed by atoms with Crippen molar-refractivity contribution in [3.8, 4) is 0 Å². The lowest BCUT2D eigenvalue weighted by Crippen LogP contribution is -2.21. The highest BCUT2D eigenvalue weighted by Gasteiger charge is 2.04. The zero-order valence-corrected chi connectivity index (χ0v) is 14.0. The van der Waals surface area contributed by atoms with Gasteiger partial charge < -0.3 is 15.5 Å². The van der Waals surface area contributed by atoms with Gasteiger partial charge in [-0.1, -0.05) is 29.8 Å². The number of hydrogen-bond acceptors (Lipinski definition) is 5. The van der Waals surface area contributed by atoms with E-state index in [0.717, 1.165) is 35.2 Å². The van der Waals surface area contributed by atoms with Gasteiger partial charge in [-0.15, -0.1) is 0 Å². The Kier molecular flexibility index (Phi) is 5.98. The predicted octanol–water partition coefficient (Wildman–Crippen LogP) is 3.02. The maximum absolute atomic E-state index is 6.15. The number of hydrogen-bond donors (Lipinski definition) is 2. The van der Waals surface area contributed by atoms with Crippen molar-refractivity contribution < 1.29 is 0 Å². The van der Waals surface area contributed by atoms with Crippen LogP contribution in [0.25, 0.3) is 0 Å². The van der Waals surface area contributed by atoms with E-state index >= 15 is 0 Å². The van der Waals surface area contributed by atoms with Crippen LogP contribution in [0, 0.1) is 6.92 Å². The van der Waals surface area contributed by atoms with Gasteiger partial charge in [-0.25, -0.2) is 4.98 Å². The normalized spacial score (nSPS) is 10.8. The summed E-state index contributed by atoms with van der Waals surface area (Å²) in [6, 6.07) is 9.69. The van der Waals surface area contributed by atoms with Crippen LogP contribution >= 0.6 is 11.6 Å². The zero-order chi connectivity index (χ0) is 15.9. The largest absolute Gasteiger partial charge is 0.369 e. The van der Waals surface area contributed by atoms with Crippen LogP contribution in [0.3, 0.4) is 0 Å². The van der Waals surface area contributed by atoms with Crippen LogP contribution in [0.5, 0.6) is 0 Å². The molecule has 1 aromatic carbocycles. The van der Waals surface area contributed by atoms with E-state index < -0.39 is 0 Å². The molecule has 22 heavy (non-hydrogen) atoms. The highest BCUT2D eigenvalue weighted by molar-refractivity contribution is 6.31. The Bertz CT molecular complexity index is 615. The Morgan fingerprint density at radius 2 is 1.91 bits per heavy atom. The minimum atomic E-state index is 0.597. The highest BCUT2D eigenvalue weighted by Crippen LogP contribution is 2.16. The second kappa shape index (κ2) is 7.96. The second-order valence-electron chi connectivity index (χ2n) is 5.39. The fraction of sp³-hybridized carbons (Fsp3) is 0.375. The van der Waals surface area contributed by atoms with Gasteiger partial charge in [-0.2, -0.15) is 4.98 Å². The van der Waals surface area contributed by atoms with Crippen LogP contribution in [0.2, 0.25) is 5.02 Å². The van der Waals surface area contributed by atoms with Gasteiger partial charge in [-0.05, 0) is 32.6 Å². The lowest BCUT2D eigenvalue weighted by Gasteiger charge is -2.12. The van der Waals surface area contributed by atoms with Crippen molar-refractivity contribution in [1.82, 2.24) is 14.9 Å². The summed E-state index contributed by atoms with van der Waals surface area (Å²) in [5.74, 6) is 1.43. The number of nitrogens with zero attached hydrogens (tertiary/aromatic N) is 3. The maximum atomic E-state index is 6.15. The number of halogens is 1. The van der Waals surface area contributed by atoms with Crippen molar-refractivity contribution >= 4 is 23.4 Å². The molecule has 5 nitrogen and oxygen atoms in total. The number of aryl methyl sites for hydroxylation is 1. The third-order valence-electron chi connectivity index (χ3n) is 3.11. The number of rotatable bonds is 7. The van der Waals surface area contributed by atoms with Crippen molar-refractivity contribution in [2.24, 2.45) is 0 Å². The lowest BCUT2D eigenvalue weighted by molar-refractivity contribution is 0.425. The molecule has 2 N–H and O–H groups in total. The van der Waals surface area contributed by atoms with Gasteiger partial charge >= 0.3 is 0 Å². The molecule has 0 saturated heterocycles. The molecule has 1 heterocycles. The first-order chi connectivity index (χ1) is 10.5. The van der Waals surface area contributed by atoms with Crippen LogP contribution < -0.4 is 10.6 Å². The highest BCUT2D eigenvalue weighted by atomic mass is 35.5. The van der Waals surface area contributed by atoms with Crippen molar-refractivity contribution in [2.75, 3.05) is 37.8 Å². The monoisotopic (exact) mass is 319 g/mol. The quantitative estimate of drug-likeness (QED) is 0.821. The molecule has 0 fully saturated rings. The van der Waals surface area contributed by atoms with Gasteiger partial charge in [0.15, 0.2) is 0 Å². The SMILES string of the molecule is Cc1cc(NCCN(C)C)nc(NCc2ccccc2Cl)n1. The molecule has 0 aliphatic heterocycles. The molecule has 0 amide bonds. The van der Waals surface area contributed by atoms with E-state index in [4.69, 9.17) is 11.6 Å². The summed E-state index contributed by atoms with van der Waals surface area (Å²) in [4.78, 5) is 11.0. The molecule has 0 unspecified atom stereocenters. The molecule has 2 rings (SSSR count). The molecule has 0 atom stereocenters. The van der Waals surface area contributed by atoms with Crippen LogP contribution in [-0.2, 0) is 6.54 Å². The molecule has 6 heteroatoms. The summed E-state index contributed by atoms with van der Waals surface area (Å²) >= 11 is 6.15. The third kappa shape index (κ3) is 5.16.